The van der Waals surface area contributed by atoms with E-state index < -0.39 is 0 Å². The summed E-state index contributed by atoms with van der Waals surface area (Å²) >= 11 is 11.9. The Balaban J connectivity index is 1.82. The van der Waals surface area contributed by atoms with Crippen LogP contribution >= 0.6 is 23.2 Å². The molecule has 0 amide bonds. The van der Waals surface area contributed by atoms with Gasteiger partial charge < -0.3 is 0 Å². The van der Waals surface area contributed by atoms with E-state index >= 15 is 0 Å². The van der Waals surface area contributed by atoms with Gasteiger partial charge in [-0.2, -0.15) is 5.10 Å². The molecule has 0 bridgehead atoms. The molecule has 0 aliphatic rings. The predicted octanol–water partition coefficient (Wildman–Crippen LogP) is 3.26. The maximum absolute atomic E-state index is 12.3. The molecule has 0 aliphatic heterocycles. The highest BCUT2D eigenvalue weighted by Gasteiger charge is 2.16. The van der Waals surface area contributed by atoms with E-state index in [1.807, 2.05) is 18.2 Å². The fourth-order valence-corrected chi connectivity index (χ4v) is 2.39. The van der Waals surface area contributed by atoms with Gasteiger partial charge in [0.25, 0.3) is 0 Å². The van der Waals surface area contributed by atoms with E-state index in [0.29, 0.717) is 17.3 Å². The molecule has 22 heavy (non-hydrogen) atoms. The molecule has 2 aromatic heterocycles. The highest BCUT2D eigenvalue weighted by molar-refractivity contribution is 6.33. The number of aromatic nitrogens is 4. The summed E-state index contributed by atoms with van der Waals surface area (Å²) in [5.74, 6) is -0.310. The molecule has 0 N–H and O–H groups in total. The number of benzene rings is 1. The van der Waals surface area contributed by atoms with E-state index in [9.17, 15) is 4.79 Å². The lowest BCUT2D eigenvalue weighted by Crippen LogP contribution is -2.07. The molecular weight excluding hydrogens is 323 g/mol. The lowest BCUT2D eigenvalue weighted by molar-refractivity contribution is 0.103. The van der Waals surface area contributed by atoms with Gasteiger partial charge in [-0.3, -0.25) is 9.48 Å². The molecule has 2 heterocycles. The van der Waals surface area contributed by atoms with Crippen molar-refractivity contribution in [1.29, 1.82) is 0 Å². The number of ketones is 1. The zero-order valence-electron chi connectivity index (χ0n) is 11.3. The van der Waals surface area contributed by atoms with E-state index in [1.165, 1.54) is 12.5 Å². The second-order valence-electron chi connectivity index (χ2n) is 4.58. The summed E-state index contributed by atoms with van der Waals surface area (Å²) < 4.78 is 1.66. The first kappa shape index (κ1) is 14.7. The van der Waals surface area contributed by atoms with Gasteiger partial charge >= 0.3 is 0 Å². The molecule has 0 spiro atoms. The minimum absolute atomic E-state index is 0.115. The minimum Gasteiger partial charge on any atom is -0.287 e. The third-order valence-corrected chi connectivity index (χ3v) is 3.55. The summed E-state index contributed by atoms with van der Waals surface area (Å²) in [4.78, 5) is 19.9. The number of carbonyl (C=O) groups excluding carboxylic acids is 1. The van der Waals surface area contributed by atoms with E-state index in [2.05, 4.69) is 15.1 Å². The van der Waals surface area contributed by atoms with Gasteiger partial charge in [-0.25, -0.2) is 9.97 Å². The van der Waals surface area contributed by atoms with E-state index in [1.54, 1.807) is 23.0 Å². The largest absolute Gasteiger partial charge is 0.287 e. The third-order valence-electron chi connectivity index (χ3n) is 3.02. The average Bonchev–Trinajstić information content (AvgIpc) is 2.95. The topological polar surface area (TPSA) is 60.7 Å². The van der Waals surface area contributed by atoms with Crippen molar-refractivity contribution in [3.8, 4) is 0 Å². The smallest absolute Gasteiger partial charge is 0.217 e. The molecule has 7 heteroatoms. The number of halogens is 2. The van der Waals surface area contributed by atoms with Crippen LogP contribution in [0.25, 0.3) is 0 Å². The summed E-state index contributed by atoms with van der Waals surface area (Å²) in [5, 5.41) is 5.04. The summed E-state index contributed by atoms with van der Waals surface area (Å²) in [6, 6.07) is 9.11. The number of carbonyl (C=O) groups is 1. The number of rotatable bonds is 4. The van der Waals surface area contributed by atoms with Crippen LogP contribution in [-0.2, 0) is 6.54 Å². The highest BCUT2D eigenvalue weighted by Crippen LogP contribution is 2.15. The van der Waals surface area contributed by atoms with Gasteiger partial charge in [0.1, 0.15) is 17.2 Å². The van der Waals surface area contributed by atoms with Crippen molar-refractivity contribution < 1.29 is 4.79 Å². The van der Waals surface area contributed by atoms with Crippen LogP contribution in [0.4, 0.5) is 0 Å². The SMILES string of the molecule is O=C(c1ccn(Cc2cccc(Cl)c2)n1)c1cncnc1Cl. The molecule has 3 aromatic rings. The zero-order valence-corrected chi connectivity index (χ0v) is 12.8. The molecule has 0 atom stereocenters. The Kier molecular flexibility index (Phi) is 4.18. The first-order valence-electron chi connectivity index (χ1n) is 6.41. The molecule has 110 valence electrons. The fourth-order valence-electron chi connectivity index (χ4n) is 2.00. The second kappa shape index (κ2) is 6.25. The fraction of sp³-hybridized carbons (Fsp3) is 0.0667. The highest BCUT2D eigenvalue weighted by atomic mass is 35.5. The van der Waals surface area contributed by atoms with Gasteiger partial charge in [0.15, 0.2) is 0 Å². The van der Waals surface area contributed by atoms with Gasteiger partial charge in [0.2, 0.25) is 5.78 Å². The van der Waals surface area contributed by atoms with Crippen molar-refractivity contribution in [3.05, 3.63) is 76.0 Å². The molecule has 5 nitrogen and oxygen atoms in total. The number of nitrogens with zero attached hydrogens (tertiary/aromatic N) is 4. The predicted molar refractivity (Wildman–Crippen MR) is 83.3 cm³/mol. The average molecular weight is 333 g/mol. The summed E-state index contributed by atoms with van der Waals surface area (Å²) in [6.45, 7) is 0.521. The molecule has 0 fully saturated rings. The molecular formula is C15H10Cl2N4O. The van der Waals surface area contributed by atoms with Crippen LogP contribution in [0.2, 0.25) is 10.2 Å². The molecule has 1 aromatic carbocycles. The van der Waals surface area contributed by atoms with Gasteiger partial charge in [0, 0.05) is 17.4 Å². The monoisotopic (exact) mass is 332 g/mol. The molecule has 0 saturated heterocycles. The van der Waals surface area contributed by atoms with E-state index in [-0.39, 0.29) is 16.5 Å². The Labute approximate surface area is 136 Å². The van der Waals surface area contributed by atoms with Crippen LogP contribution in [-0.4, -0.2) is 25.5 Å². The van der Waals surface area contributed by atoms with Crippen LogP contribution in [0.15, 0.2) is 49.1 Å². The van der Waals surface area contributed by atoms with Gasteiger partial charge in [0.05, 0.1) is 12.1 Å². The quantitative estimate of drug-likeness (QED) is 0.543. The number of hydrogen-bond acceptors (Lipinski definition) is 4. The zero-order chi connectivity index (χ0) is 15.5. The Bertz CT molecular complexity index is 832. The molecule has 0 aliphatic carbocycles. The van der Waals surface area contributed by atoms with Crippen LogP contribution in [0.1, 0.15) is 21.6 Å². The van der Waals surface area contributed by atoms with Crippen LogP contribution in [0.5, 0.6) is 0 Å². The summed E-state index contributed by atoms with van der Waals surface area (Å²) in [5.41, 5.74) is 1.52. The normalized spacial score (nSPS) is 10.6. The molecule has 3 rings (SSSR count). The van der Waals surface area contributed by atoms with Crippen molar-refractivity contribution >= 4 is 29.0 Å². The molecule has 0 saturated carbocycles. The standard InChI is InChI=1S/C15H10Cl2N4O/c16-11-3-1-2-10(6-11)8-21-5-4-13(20-21)14(22)12-7-18-9-19-15(12)17/h1-7,9H,8H2. The second-order valence-corrected chi connectivity index (χ2v) is 5.38. The molecule has 0 radical (unpaired) electrons. The van der Waals surface area contributed by atoms with Crippen molar-refractivity contribution in [1.82, 2.24) is 19.7 Å². The third kappa shape index (κ3) is 3.16. The first-order valence-corrected chi connectivity index (χ1v) is 7.17. The van der Waals surface area contributed by atoms with Crippen LogP contribution in [0, 0.1) is 0 Å². The van der Waals surface area contributed by atoms with Gasteiger partial charge in [-0.05, 0) is 23.8 Å². The minimum atomic E-state index is -0.310. The Morgan fingerprint density at radius 2 is 2.09 bits per heavy atom. The first-order chi connectivity index (χ1) is 10.6. The summed E-state index contributed by atoms with van der Waals surface area (Å²) in [6.07, 6.45) is 4.40. The lowest BCUT2D eigenvalue weighted by Gasteiger charge is -2.02. The van der Waals surface area contributed by atoms with E-state index in [0.717, 1.165) is 5.56 Å². The number of hydrogen-bond donors (Lipinski definition) is 0. The molecule has 0 unspecified atom stereocenters. The van der Waals surface area contributed by atoms with Crippen LogP contribution in [0.3, 0.4) is 0 Å². The maximum Gasteiger partial charge on any atom is 0.217 e. The van der Waals surface area contributed by atoms with E-state index in [4.69, 9.17) is 23.2 Å². The van der Waals surface area contributed by atoms with Crippen molar-refractivity contribution in [3.63, 3.8) is 0 Å². The van der Waals surface area contributed by atoms with Crippen molar-refractivity contribution in [2.24, 2.45) is 0 Å². The van der Waals surface area contributed by atoms with Gasteiger partial charge in [-0.1, -0.05) is 35.3 Å². The lowest BCUT2D eigenvalue weighted by atomic mass is 10.2. The Morgan fingerprint density at radius 3 is 2.86 bits per heavy atom. The summed E-state index contributed by atoms with van der Waals surface area (Å²) in [7, 11) is 0. The van der Waals surface area contributed by atoms with Gasteiger partial charge in [-0.15, -0.1) is 0 Å². The Hall–Kier alpha value is -2.24. The van der Waals surface area contributed by atoms with Crippen molar-refractivity contribution in [2.75, 3.05) is 0 Å². The van der Waals surface area contributed by atoms with Crippen molar-refractivity contribution in [2.45, 2.75) is 6.54 Å². The van der Waals surface area contributed by atoms with Crippen LogP contribution < -0.4 is 0 Å². The maximum atomic E-state index is 12.3. The Morgan fingerprint density at radius 1 is 1.23 bits per heavy atom.